The minimum Gasteiger partial charge on any atom is -0.493 e. The number of hydrogen-bond acceptors (Lipinski definition) is 4. The van der Waals surface area contributed by atoms with E-state index >= 15 is 0 Å². The second-order valence-electron chi connectivity index (χ2n) is 8.49. The predicted molar refractivity (Wildman–Crippen MR) is 117 cm³/mol. The smallest absolute Gasteiger partial charge is 0.258 e. The van der Waals surface area contributed by atoms with Crippen LogP contribution in [-0.2, 0) is 6.61 Å². The van der Waals surface area contributed by atoms with Crippen LogP contribution in [-0.4, -0.2) is 24.2 Å². The lowest BCUT2D eigenvalue weighted by atomic mass is 9.68. The Morgan fingerprint density at radius 1 is 0.969 bits per heavy atom. The average Bonchev–Trinajstić information content (AvgIpc) is 2.75. The summed E-state index contributed by atoms with van der Waals surface area (Å²) in [6, 6.07) is 17.9. The highest BCUT2D eigenvalue weighted by Gasteiger charge is 2.54. The van der Waals surface area contributed by atoms with Crippen molar-refractivity contribution in [2.75, 3.05) is 13.7 Å². The highest BCUT2D eigenvalue weighted by molar-refractivity contribution is 5.49. The summed E-state index contributed by atoms with van der Waals surface area (Å²) in [5.41, 5.74) is 0.793. The van der Waals surface area contributed by atoms with E-state index in [9.17, 15) is 13.6 Å². The van der Waals surface area contributed by atoms with Gasteiger partial charge in [-0.15, -0.1) is 0 Å². The molecule has 1 saturated carbocycles. The third kappa shape index (κ3) is 4.93. The topological polar surface area (TPSA) is 49.7 Å². The molecule has 5 nitrogen and oxygen atoms in total. The summed E-state index contributed by atoms with van der Waals surface area (Å²) in [6.45, 7) is 2.33. The van der Waals surface area contributed by atoms with Crippen molar-refractivity contribution in [1.29, 1.82) is 0 Å². The molecule has 32 heavy (non-hydrogen) atoms. The van der Waals surface area contributed by atoms with Gasteiger partial charge in [0.15, 0.2) is 11.5 Å². The zero-order valence-corrected chi connectivity index (χ0v) is 18.0. The number of aromatic nitrogens is 1. The average molecular weight is 441 g/mol. The van der Waals surface area contributed by atoms with E-state index < -0.39 is 11.3 Å². The van der Waals surface area contributed by atoms with E-state index in [2.05, 4.69) is 0 Å². The molecule has 0 saturated heterocycles. The number of nitrogens with zero attached hydrogens (tertiary/aromatic N) is 1. The minimum absolute atomic E-state index is 0.172. The fourth-order valence-corrected chi connectivity index (χ4v) is 3.98. The van der Waals surface area contributed by atoms with Gasteiger partial charge >= 0.3 is 0 Å². The maximum Gasteiger partial charge on any atom is 0.258 e. The van der Waals surface area contributed by atoms with Crippen molar-refractivity contribution >= 4 is 0 Å². The van der Waals surface area contributed by atoms with E-state index in [1.54, 1.807) is 37.4 Å². The molecule has 4 rings (SSSR count). The van der Waals surface area contributed by atoms with Crippen molar-refractivity contribution in [2.45, 2.75) is 32.3 Å². The fraction of sp³-hybridized carbons (Fsp3) is 0.320. The van der Waals surface area contributed by atoms with Gasteiger partial charge in [0.05, 0.1) is 19.4 Å². The van der Waals surface area contributed by atoms with Gasteiger partial charge in [-0.05, 0) is 23.8 Å². The fourth-order valence-electron chi connectivity index (χ4n) is 3.98. The molecule has 0 aliphatic heterocycles. The lowest BCUT2D eigenvalue weighted by molar-refractivity contribution is -0.164. The van der Waals surface area contributed by atoms with Crippen molar-refractivity contribution in [1.82, 2.24) is 4.57 Å². The summed E-state index contributed by atoms with van der Waals surface area (Å²) in [4.78, 5) is 12.6. The van der Waals surface area contributed by atoms with Gasteiger partial charge in [-0.2, -0.15) is 0 Å². The number of pyridine rings is 1. The van der Waals surface area contributed by atoms with E-state index in [0.717, 1.165) is 5.56 Å². The molecular formula is C25H25F2NO4. The molecule has 7 heteroatoms. The summed E-state index contributed by atoms with van der Waals surface area (Å²) >= 11 is 0. The molecule has 2 aromatic carbocycles. The molecule has 1 heterocycles. The Hall–Kier alpha value is -3.35. The Labute approximate surface area is 185 Å². The second-order valence-corrected chi connectivity index (χ2v) is 8.49. The maximum absolute atomic E-state index is 13.2. The molecule has 1 fully saturated rings. The van der Waals surface area contributed by atoms with E-state index in [1.807, 2.05) is 30.3 Å². The normalized spacial score (nSPS) is 16.1. The van der Waals surface area contributed by atoms with Gasteiger partial charge in [-0.25, -0.2) is 8.78 Å². The molecule has 168 valence electrons. The number of alkyl halides is 2. The van der Waals surface area contributed by atoms with Gasteiger partial charge < -0.3 is 14.2 Å². The Morgan fingerprint density at radius 2 is 1.72 bits per heavy atom. The molecule has 0 N–H and O–H groups in total. The monoisotopic (exact) mass is 441 g/mol. The van der Waals surface area contributed by atoms with Crippen LogP contribution in [0, 0.1) is 5.41 Å². The van der Waals surface area contributed by atoms with Crippen LogP contribution in [0.1, 0.15) is 25.3 Å². The number of methoxy groups -OCH3 is 1. The molecule has 1 aromatic heterocycles. The van der Waals surface area contributed by atoms with Crippen LogP contribution in [0.2, 0.25) is 0 Å². The molecule has 1 aliphatic carbocycles. The zero-order chi connectivity index (χ0) is 22.8. The van der Waals surface area contributed by atoms with Crippen molar-refractivity contribution in [2.24, 2.45) is 5.41 Å². The van der Waals surface area contributed by atoms with Crippen molar-refractivity contribution < 1.29 is 23.0 Å². The summed E-state index contributed by atoms with van der Waals surface area (Å²) in [5.74, 6) is -1.26. The Bertz CT molecular complexity index is 1140. The minimum atomic E-state index is -2.61. The third-order valence-electron chi connectivity index (χ3n) is 5.51. The molecule has 3 aromatic rings. The summed E-state index contributed by atoms with van der Waals surface area (Å²) < 4.78 is 44.8. The standard InChI is InChI=1S/C25H25F2NO4/c1-24(15-25(26,27)16-24)17-32-21-9-8-19(12-22(21)30-2)28-11-10-20(13-23(28)29)31-14-18-6-4-3-5-7-18/h3-13H,14-17H2,1-2H3. The largest absolute Gasteiger partial charge is 0.493 e. The number of benzene rings is 2. The van der Waals surface area contributed by atoms with Gasteiger partial charge in [-0.3, -0.25) is 9.36 Å². The van der Waals surface area contributed by atoms with Crippen LogP contribution in [0.25, 0.3) is 5.69 Å². The number of halogens is 2. The van der Waals surface area contributed by atoms with Crippen molar-refractivity contribution in [3.8, 4) is 22.9 Å². The highest BCUT2D eigenvalue weighted by atomic mass is 19.3. The van der Waals surface area contributed by atoms with Gasteiger partial charge in [0, 0.05) is 36.6 Å². The van der Waals surface area contributed by atoms with Crippen LogP contribution >= 0.6 is 0 Å². The SMILES string of the molecule is COc1cc(-n2ccc(OCc3ccccc3)cc2=O)ccc1OCC1(C)CC(F)(F)C1. The molecule has 0 unspecified atom stereocenters. The van der Waals surface area contributed by atoms with Gasteiger partial charge in [0.1, 0.15) is 12.4 Å². The first kappa shape index (κ1) is 21.9. The highest BCUT2D eigenvalue weighted by Crippen LogP contribution is 2.52. The maximum atomic E-state index is 13.2. The summed E-state index contributed by atoms with van der Waals surface area (Å²) in [7, 11) is 1.49. The molecule has 1 aliphatic rings. The molecule has 0 radical (unpaired) electrons. The first-order valence-corrected chi connectivity index (χ1v) is 10.4. The van der Waals surface area contributed by atoms with E-state index in [0.29, 0.717) is 29.5 Å². The molecule has 0 atom stereocenters. The summed E-state index contributed by atoms with van der Waals surface area (Å²) in [6.07, 6.45) is 1.26. The van der Waals surface area contributed by atoms with Crippen molar-refractivity contribution in [3.05, 3.63) is 82.8 Å². The Morgan fingerprint density at radius 3 is 2.38 bits per heavy atom. The Kier molecular flexibility index (Phi) is 5.91. The van der Waals surface area contributed by atoms with Gasteiger partial charge in [0.25, 0.3) is 5.56 Å². The third-order valence-corrected chi connectivity index (χ3v) is 5.51. The van der Waals surface area contributed by atoms with Crippen LogP contribution < -0.4 is 19.8 Å². The van der Waals surface area contributed by atoms with E-state index in [1.165, 1.54) is 17.7 Å². The van der Waals surface area contributed by atoms with Crippen LogP contribution in [0.15, 0.2) is 71.7 Å². The lowest BCUT2D eigenvalue weighted by Crippen LogP contribution is -2.47. The summed E-state index contributed by atoms with van der Waals surface area (Å²) in [5, 5.41) is 0. The molecular weight excluding hydrogens is 416 g/mol. The molecule has 0 amide bonds. The lowest BCUT2D eigenvalue weighted by Gasteiger charge is -2.44. The number of ether oxygens (including phenoxy) is 3. The number of hydrogen-bond donors (Lipinski definition) is 0. The van der Waals surface area contributed by atoms with Crippen molar-refractivity contribution in [3.63, 3.8) is 0 Å². The number of rotatable bonds is 8. The molecule has 0 spiro atoms. The first-order valence-electron chi connectivity index (χ1n) is 10.4. The Balaban J connectivity index is 1.45. The predicted octanol–water partition coefficient (Wildman–Crippen LogP) is 5.24. The first-order chi connectivity index (χ1) is 15.3. The quantitative estimate of drug-likeness (QED) is 0.480. The van der Waals surface area contributed by atoms with E-state index in [-0.39, 0.29) is 25.0 Å². The van der Waals surface area contributed by atoms with Crippen LogP contribution in [0.4, 0.5) is 8.78 Å². The molecule has 0 bridgehead atoms. The van der Waals surface area contributed by atoms with Gasteiger partial charge in [-0.1, -0.05) is 37.3 Å². The van der Waals surface area contributed by atoms with Crippen LogP contribution in [0.5, 0.6) is 17.2 Å². The van der Waals surface area contributed by atoms with E-state index in [4.69, 9.17) is 14.2 Å². The zero-order valence-electron chi connectivity index (χ0n) is 18.0. The van der Waals surface area contributed by atoms with Crippen LogP contribution in [0.3, 0.4) is 0 Å². The van der Waals surface area contributed by atoms with Gasteiger partial charge in [0.2, 0.25) is 5.92 Å². The second kappa shape index (κ2) is 8.65.